The van der Waals surface area contributed by atoms with Gasteiger partial charge in [-0.15, -0.1) is 0 Å². The van der Waals surface area contributed by atoms with Gasteiger partial charge in [0.2, 0.25) is 0 Å². The summed E-state index contributed by atoms with van der Waals surface area (Å²) in [5.41, 5.74) is -0.537. The van der Waals surface area contributed by atoms with Gasteiger partial charge in [0.05, 0.1) is 12.7 Å². The highest BCUT2D eigenvalue weighted by Gasteiger charge is 2.24. The largest absolute Gasteiger partial charge is 0.389 e. The molecule has 1 fully saturated rings. The third-order valence-electron chi connectivity index (χ3n) is 3.94. The van der Waals surface area contributed by atoms with Crippen LogP contribution in [0.15, 0.2) is 18.2 Å². The molecule has 2 N–H and O–H groups in total. The number of β-amino-alcohol motifs (C(OH)–C–C–N with tert-alkyl or cyclic N) is 1. The van der Waals surface area contributed by atoms with Crippen molar-refractivity contribution in [2.24, 2.45) is 0 Å². The van der Waals surface area contributed by atoms with Crippen molar-refractivity contribution in [3.05, 3.63) is 35.4 Å². The van der Waals surface area contributed by atoms with E-state index in [1.807, 2.05) is 0 Å². The molecule has 0 radical (unpaired) electrons. The number of carbonyl (C=O) groups is 1. The second-order valence-corrected chi connectivity index (χ2v) is 5.75. The number of hydrogen-bond acceptors (Lipinski definition) is 4. The normalized spacial score (nSPS) is 17.9. The minimum absolute atomic E-state index is 0.127. The predicted molar refractivity (Wildman–Crippen MR) is 81.2 cm³/mol. The average molecular weight is 328 g/mol. The SMILES string of the molecule is COCC(O)CN1CCC(NC(=O)c2c(F)cccc2F)CC1. The van der Waals surface area contributed by atoms with Gasteiger partial charge in [0.15, 0.2) is 0 Å². The number of carbonyl (C=O) groups excluding carboxylic acids is 1. The molecule has 7 heteroatoms. The topological polar surface area (TPSA) is 61.8 Å². The number of halogens is 2. The standard InChI is InChI=1S/C16H22F2N2O3/c1-23-10-12(21)9-20-7-5-11(6-8-20)19-16(22)15-13(17)3-2-4-14(15)18/h2-4,11-12,21H,5-10H2,1H3,(H,19,22). The minimum atomic E-state index is -0.859. The Morgan fingerprint density at radius 1 is 1.39 bits per heavy atom. The van der Waals surface area contributed by atoms with Crippen molar-refractivity contribution >= 4 is 5.91 Å². The fourth-order valence-corrected chi connectivity index (χ4v) is 2.78. The monoisotopic (exact) mass is 328 g/mol. The van der Waals surface area contributed by atoms with Crippen molar-refractivity contribution in [3.8, 4) is 0 Å². The van der Waals surface area contributed by atoms with Crippen LogP contribution in [0.5, 0.6) is 0 Å². The van der Waals surface area contributed by atoms with Crippen LogP contribution in [0.4, 0.5) is 8.78 Å². The van der Waals surface area contributed by atoms with Crippen molar-refractivity contribution in [2.45, 2.75) is 25.0 Å². The number of rotatable bonds is 6. The van der Waals surface area contributed by atoms with Gasteiger partial charge in [-0.25, -0.2) is 8.78 Å². The summed E-state index contributed by atoms with van der Waals surface area (Å²) in [6, 6.07) is 3.23. The van der Waals surface area contributed by atoms with Gasteiger partial charge in [-0.3, -0.25) is 4.79 Å². The van der Waals surface area contributed by atoms with E-state index in [2.05, 4.69) is 10.2 Å². The zero-order valence-electron chi connectivity index (χ0n) is 13.1. The third-order valence-corrected chi connectivity index (χ3v) is 3.94. The molecule has 1 heterocycles. The van der Waals surface area contributed by atoms with Crippen LogP contribution >= 0.6 is 0 Å². The summed E-state index contributed by atoms with van der Waals surface area (Å²) >= 11 is 0. The van der Waals surface area contributed by atoms with Crippen molar-refractivity contribution in [3.63, 3.8) is 0 Å². The first-order valence-corrected chi connectivity index (χ1v) is 7.65. The van der Waals surface area contributed by atoms with E-state index in [1.54, 1.807) is 0 Å². The maximum absolute atomic E-state index is 13.6. The summed E-state index contributed by atoms with van der Waals surface area (Å²) in [5.74, 6) is -2.44. The number of nitrogens with zero attached hydrogens (tertiary/aromatic N) is 1. The van der Waals surface area contributed by atoms with E-state index < -0.39 is 29.2 Å². The smallest absolute Gasteiger partial charge is 0.257 e. The van der Waals surface area contributed by atoms with Crippen LogP contribution in [0, 0.1) is 11.6 Å². The third kappa shape index (κ3) is 4.95. The summed E-state index contributed by atoms with van der Waals surface area (Å²) in [7, 11) is 1.53. The summed E-state index contributed by atoms with van der Waals surface area (Å²) in [4.78, 5) is 14.1. The number of methoxy groups -OCH3 is 1. The summed E-state index contributed by atoms with van der Waals surface area (Å²) in [5, 5.41) is 12.4. The summed E-state index contributed by atoms with van der Waals surface area (Å²) < 4.78 is 32.1. The first-order valence-electron chi connectivity index (χ1n) is 7.65. The van der Waals surface area contributed by atoms with Crippen LogP contribution < -0.4 is 5.32 Å². The molecule has 2 rings (SSSR count). The van der Waals surface area contributed by atoms with E-state index in [4.69, 9.17) is 4.74 Å². The van der Waals surface area contributed by atoms with Crippen molar-refractivity contribution in [1.82, 2.24) is 10.2 Å². The Morgan fingerprint density at radius 2 is 2.00 bits per heavy atom. The van der Waals surface area contributed by atoms with E-state index in [9.17, 15) is 18.7 Å². The fourth-order valence-electron chi connectivity index (χ4n) is 2.78. The average Bonchev–Trinajstić information content (AvgIpc) is 2.49. The number of ether oxygens (including phenoxy) is 1. The van der Waals surface area contributed by atoms with E-state index in [-0.39, 0.29) is 12.6 Å². The molecule has 1 aliphatic rings. The van der Waals surface area contributed by atoms with Gasteiger partial charge in [0, 0.05) is 32.8 Å². The van der Waals surface area contributed by atoms with Gasteiger partial charge in [-0.2, -0.15) is 0 Å². The number of aliphatic hydroxyl groups excluding tert-OH is 1. The highest BCUT2D eigenvalue weighted by Crippen LogP contribution is 2.15. The molecule has 1 aliphatic heterocycles. The number of aliphatic hydroxyl groups is 1. The maximum atomic E-state index is 13.6. The van der Waals surface area contributed by atoms with Crippen molar-refractivity contribution in [1.29, 1.82) is 0 Å². The number of benzene rings is 1. The molecule has 0 aromatic heterocycles. The Kier molecular flexibility index (Phi) is 6.44. The molecule has 23 heavy (non-hydrogen) atoms. The Hall–Kier alpha value is -1.57. The van der Waals surface area contributed by atoms with Crippen LogP contribution in [0.2, 0.25) is 0 Å². The summed E-state index contributed by atoms with van der Waals surface area (Å²) in [6.45, 7) is 2.19. The van der Waals surface area contributed by atoms with Crippen molar-refractivity contribution < 1.29 is 23.4 Å². The molecule has 1 aromatic rings. The molecule has 1 saturated heterocycles. The number of nitrogens with one attached hydrogen (secondary N) is 1. The molecule has 1 unspecified atom stereocenters. The number of likely N-dealkylation sites (tertiary alicyclic amines) is 1. The van der Waals surface area contributed by atoms with Gasteiger partial charge in [-0.1, -0.05) is 6.07 Å². The first-order chi connectivity index (χ1) is 11.0. The first kappa shape index (κ1) is 17.8. The molecule has 0 bridgehead atoms. The second-order valence-electron chi connectivity index (χ2n) is 5.75. The lowest BCUT2D eigenvalue weighted by molar-refractivity contribution is 0.0309. The quantitative estimate of drug-likeness (QED) is 0.823. The molecule has 0 aliphatic carbocycles. The van der Waals surface area contributed by atoms with Crippen LogP contribution in [0.1, 0.15) is 23.2 Å². The van der Waals surface area contributed by atoms with Crippen molar-refractivity contribution in [2.75, 3.05) is 33.4 Å². The van der Waals surface area contributed by atoms with Crippen LogP contribution in [-0.4, -0.2) is 61.4 Å². The Bertz CT molecular complexity index is 514. The lowest BCUT2D eigenvalue weighted by Crippen LogP contribution is -2.47. The number of hydrogen-bond donors (Lipinski definition) is 2. The molecule has 0 saturated carbocycles. The van der Waals surface area contributed by atoms with E-state index in [1.165, 1.54) is 13.2 Å². The lowest BCUT2D eigenvalue weighted by atomic mass is 10.0. The predicted octanol–water partition coefficient (Wildman–Crippen LogP) is 1.17. The molecular weight excluding hydrogens is 306 g/mol. The van der Waals surface area contributed by atoms with Gasteiger partial charge in [-0.05, 0) is 25.0 Å². The van der Waals surface area contributed by atoms with Crippen LogP contribution in [0.25, 0.3) is 0 Å². The molecule has 1 aromatic carbocycles. The molecule has 1 atom stereocenters. The Balaban J connectivity index is 1.83. The van der Waals surface area contributed by atoms with E-state index in [0.29, 0.717) is 32.5 Å². The van der Waals surface area contributed by atoms with E-state index in [0.717, 1.165) is 12.1 Å². The highest BCUT2D eigenvalue weighted by molar-refractivity contribution is 5.94. The van der Waals surface area contributed by atoms with Crippen LogP contribution in [0.3, 0.4) is 0 Å². The lowest BCUT2D eigenvalue weighted by Gasteiger charge is -2.33. The number of amides is 1. The van der Waals surface area contributed by atoms with Gasteiger partial charge in [0.25, 0.3) is 5.91 Å². The zero-order chi connectivity index (χ0) is 16.8. The second kappa shape index (κ2) is 8.33. The zero-order valence-corrected chi connectivity index (χ0v) is 13.1. The van der Waals surface area contributed by atoms with E-state index >= 15 is 0 Å². The molecule has 1 amide bonds. The Morgan fingerprint density at radius 3 is 2.57 bits per heavy atom. The van der Waals surface area contributed by atoms with Crippen LogP contribution in [-0.2, 0) is 4.74 Å². The van der Waals surface area contributed by atoms with Gasteiger partial charge >= 0.3 is 0 Å². The minimum Gasteiger partial charge on any atom is -0.389 e. The summed E-state index contributed by atoms with van der Waals surface area (Å²) in [6.07, 6.45) is 0.793. The molecule has 0 spiro atoms. The fraction of sp³-hybridized carbons (Fsp3) is 0.562. The maximum Gasteiger partial charge on any atom is 0.257 e. The Labute approximate surface area is 134 Å². The van der Waals surface area contributed by atoms with Gasteiger partial charge in [0.1, 0.15) is 17.2 Å². The molecular formula is C16H22F2N2O3. The molecule has 128 valence electrons. The molecule has 5 nitrogen and oxygen atoms in total. The van der Waals surface area contributed by atoms with Gasteiger partial charge < -0.3 is 20.1 Å². The highest BCUT2D eigenvalue weighted by atomic mass is 19.1. The number of piperidine rings is 1.